The highest BCUT2D eigenvalue weighted by Crippen LogP contribution is 2.35. The number of hydrogen-bond acceptors (Lipinski definition) is 7. The van der Waals surface area contributed by atoms with E-state index in [2.05, 4.69) is 29.1 Å². The molecule has 2 aromatic heterocycles. The molecule has 0 radical (unpaired) electrons. The summed E-state index contributed by atoms with van der Waals surface area (Å²) >= 11 is 0. The van der Waals surface area contributed by atoms with E-state index >= 15 is 4.48 Å². The molecular weight excluding hydrogens is 351 g/mol. The van der Waals surface area contributed by atoms with Gasteiger partial charge in [-0.3, -0.25) is 9.78 Å². The van der Waals surface area contributed by atoms with Crippen molar-refractivity contribution in [3.8, 4) is 5.88 Å². The molecule has 1 amide bonds. The van der Waals surface area contributed by atoms with Crippen molar-refractivity contribution in [2.45, 2.75) is 26.3 Å². The van der Waals surface area contributed by atoms with Crippen LogP contribution in [0.3, 0.4) is 0 Å². The number of ether oxygens (including phenoxy) is 1. The van der Waals surface area contributed by atoms with Gasteiger partial charge in [0.25, 0.3) is 0 Å². The molecule has 146 valence electrons. The van der Waals surface area contributed by atoms with Crippen molar-refractivity contribution >= 4 is 23.0 Å². The van der Waals surface area contributed by atoms with Gasteiger partial charge in [-0.05, 0) is 18.4 Å². The molecule has 5 N–H and O–H groups in total. The third kappa shape index (κ3) is 5.27. The van der Waals surface area contributed by atoms with Crippen LogP contribution in [0.2, 0.25) is 0 Å². The Morgan fingerprint density at radius 3 is 2.67 bits per heavy atom. The first-order valence-corrected chi connectivity index (χ1v) is 8.57. The van der Waals surface area contributed by atoms with Crippen LogP contribution in [0, 0.1) is 5.92 Å². The van der Waals surface area contributed by atoms with Gasteiger partial charge in [-0.2, -0.15) is 5.12 Å². The molecular formula is C18H25FN6O2. The summed E-state index contributed by atoms with van der Waals surface area (Å²) in [5, 5.41) is 3.63. The second-order valence-corrected chi connectivity index (χ2v) is 6.53. The number of amides is 1. The SMILES string of the molecule is COc1cc(N(F)c2cncc(C(N)=O)c2)c(N[C@@H](CN)CC(C)C)cn1. The summed E-state index contributed by atoms with van der Waals surface area (Å²) in [7, 11) is 1.44. The summed E-state index contributed by atoms with van der Waals surface area (Å²) in [6.07, 6.45) is 4.86. The first kappa shape index (κ1) is 20.4. The fourth-order valence-electron chi connectivity index (χ4n) is 2.62. The molecule has 0 bridgehead atoms. The van der Waals surface area contributed by atoms with E-state index < -0.39 is 5.91 Å². The fraction of sp³-hybridized carbons (Fsp3) is 0.389. The molecule has 0 spiro atoms. The molecule has 0 aromatic carbocycles. The van der Waals surface area contributed by atoms with E-state index in [9.17, 15) is 4.79 Å². The summed E-state index contributed by atoms with van der Waals surface area (Å²) in [6.45, 7) is 4.55. The molecule has 2 heterocycles. The van der Waals surface area contributed by atoms with Crippen molar-refractivity contribution in [3.63, 3.8) is 0 Å². The predicted molar refractivity (Wildman–Crippen MR) is 103 cm³/mol. The third-order valence-electron chi connectivity index (χ3n) is 3.91. The lowest BCUT2D eigenvalue weighted by Gasteiger charge is -2.24. The van der Waals surface area contributed by atoms with Gasteiger partial charge < -0.3 is 21.5 Å². The molecule has 0 aliphatic heterocycles. The molecule has 1 atom stereocenters. The monoisotopic (exact) mass is 376 g/mol. The van der Waals surface area contributed by atoms with E-state index in [1.807, 2.05) is 0 Å². The fourth-order valence-corrected chi connectivity index (χ4v) is 2.62. The number of anilines is 3. The van der Waals surface area contributed by atoms with E-state index in [4.69, 9.17) is 16.2 Å². The van der Waals surface area contributed by atoms with E-state index in [1.165, 1.54) is 37.8 Å². The van der Waals surface area contributed by atoms with Gasteiger partial charge in [0.2, 0.25) is 11.8 Å². The van der Waals surface area contributed by atoms with Crippen molar-refractivity contribution < 1.29 is 14.0 Å². The average molecular weight is 376 g/mol. The van der Waals surface area contributed by atoms with E-state index in [-0.39, 0.29) is 28.9 Å². The maximum Gasteiger partial charge on any atom is 0.250 e. The molecule has 9 heteroatoms. The van der Waals surface area contributed by atoms with Crippen LogP contribution in [0.15, 0.2) is 30.7 Å². The highest BCUT2D eigenvalue weighted by molar-refractivity contribution is 5.93. The number of nitrogens with one attached hydrogen (secondary N) is 1. The number of nitrogens with two attached hydrogens (primary N) is 2. The Morgan fingerprint density at radius 2 is 2.07 bits per heavy atom. The maximum atomic E-state index is 15.2. The summed E-state index contributed by atoms with van der Waals surface area (Å²) in [5.41, 5.74) is 11.8. The van der Waals surface area contributed by atoms with Gasteiger partial charge in [0, 0.05) is 24.8 Å². The van der Waals surface area contributed by atoms with Crippen LogP contribution >= 0.6 is 0 Å². The standard InChI is InChI=1S/C18H25FN6O2/c1-11(2)4-13(7-20)24-15-10-23-17(27-3)6-16(15)25(19)14-5-12(18(21)26)8-22-9-14/h5-6,8-11,13,24H,4,7,20H2,1-3H3,(H2,21,26)/t13-/m1/s1. The van der Waals surface area contributed by atoms with Crippen molar-refractivity contribution in [1.82, 2.24) is 9.97 Å². The minimum atomic E-state index is -0.691. The number of pyridine rings is 2. The van der Waals surface area contributed by atoms with E-state index in [1.54, 1.807) is 0 Å². The lowest BCUT2D eigenvalue weighted by atomic mass is 10.0. The second kappa shape index (κ2) is 9.13. The minimum Gasteiger partial charge on any atom is -0.481 e. The first-order chi connectivity index (χ1) is 12.8. The summed E-state index contributed by atoms with van der Waals surface area (Å²) in [5.74, 6) is -0.0347. The second-order valence-electron chi connectivity index (χ2n) is 6.53. The third-order valence-corrected chi connectivity index (χ3v) is 3.91. The smallest absolute Gasteiger partial charge is 0.250 e. The highest BCUT2D eigenvalue weighted by Gasteiger charge is 2.19. The van der Waals surface area contributed by atoms with Crippen LogP contribution in [0.25, 0.3) is 0 Å². The van der Waals surface area contributed by atoms with Crippen molar-refractivity contribution in [1.29, 1.82) is 0 Å². The van der Waals surface area contributed by atoms with Crippen molar-refractivity contribution in [2.24, 2.45) is 17.4 Å². The van der Waals surface area contributed by atoms with Crippen LogP contribution in [-0.2, 0) is 0 Å². The normalized spacial score (nSPS) is 11.9. The predicted octanol–water partition coefficient (Wildman–Crippen LogP) is 2.39. The molecule has 0 saturated carbocycles. The number of carbonyl (C=O) groups excluding carboxylic acids is 1. The van der Waals surface area contributed by atoms with E-state index in [0.717, 1.165) is 6.42 Å². The molecule has 2 aromatic rings. The van der Waals surface area contributed by atoms with Gasteiger partial charge in [0.15, 0.2) is 0 Å². The van der Waals surface area contributed by atoms with Crippen molar-refractivity contribution in [3.05, 3.63) is 36.3 Å². The number of nitrogens with zero attached hydrogens (tertiary/aromatic N) is 3. The lowest BCUT2D eigenvalue weighted by molar-refractivity contribution is 0.1000. The molecule has 0 aliphatic rings. The number of primary amides is 1. The number of aromatic nitrogens is 2. The Morgan fingerprint density at radius 1 is 1.33 bits per heavy atom. The molecule has 0 saturated heterocycles. The molecule has 27 heavy (non-hydrogen) atoms. The number of halogens is 1. The topological polar surface area (TPSA) is 119 Å². The summed E-state index contributed by atoms with van der Waals surface area (Å²) in [6, 6.07) is 2.71. The molecule has 0 aliphatic carbocycles. The maximum absolute atomic E-state index is 15.2. The Kier molecular flexibility index (Phi) is 6.89. The molecule has 0 unspecified atom stereocenters. The van der Waals surface area contributed by atoms with Gasteiger partial charge in [-0.15, -0.1) is 0 Å². The number of methoxy groups -OCH3 is 1. The van der Waals surface area contributed by atoms with Crippen LogP contribution < -0.4 is 26.6 Å². The molecule has 0 fully saturated rings. The Bertz CT molecular complexity index is 786. The number of carbonyl (C=O) groups is 1. The zero-order valence-electron chi connectivity index (χ0n) is 15.6. The number of hydrogen-bond donors (Lipinski definition) is 3. The number of rotatable bonds is 9. The first-order valence-electron chi connectivity index (χ1n) is 8.57. The Balaban J connectivity index is 2.40. The average Bonchev–Trinajstić information content (AvgIpc) is 2.66. The van der Waals surface area contributed by atoms with Gasteiger partial charge in [0.1, 0.15) is 5.69 Å². The van der Waals surface area contributed by atoms with Gasteiger partial charge in [-0.25, -0.2) is 4.98 Å². The Hall–Kier alpha value is -2.94. The lowest BCUT2D eigenvalue weighted by Crippen LogP contribution is -2.30. The van der Waals surface area contributed by atoms with Gasteiger partial charge in [-0.1, -0.05) is 18.3 Å². The van der Waals surface area contributed by atoms with Crippen LogP contribution in [0.5, 0.6) is 5.88 Å². The zero-order chi connectivity index (χ0) is 20.0. The Labute approximate surface area is 157 Å². The van der Waals surface area contributed by atoms with Crippen molar-refractivity contribution in [2.75, 3.05) is 24.1 Å². The molecule has 8 nitrogen and oxygen atoms in total. The summed E-state index contributed by atoms with van der Waals surface area (Å²) in [4.78, 5) is 19.4. The minimum absolute atomic E-state index is 0.0516. The van der Waals surface area contributed by atoms with Gasteiger partial charge in [0.05, 0.1) is 36.4 Å². The highest BCUT2D eigenvalue weighted by atomic mass is 19.2. The largest absolute Gasteiger partial charge is 0.481 e. The van der Waals surface area contributed by atoms with Crippen LogP contribution in [0.1, 0.15) is 30.6 Å². The van der Waals surface area contributed by atoms with Crippen LogP contribution in [0.4, 0.5) is 21.5 Å². The quantitative estimate of drug-likeness (QED) is 0.575. The van der Waals surface area contributed by atoms with Gasteiger partial charge >= 0.3 is 0 Å². The molecule has 2 rings (SSSR count). The zero-order valence-corrected chi connectivity index (χ0v) is 15.6. The summed E-state index contributed by atoms with van der Waals surface area (Å²) < 4.78 is 20.3. The van der Waals surface area contributed by atoms with E-state index in [0.29, 0.717) is 23.3 Å². The van der Waals surface area contributed by atoms with Crippen LogP contribution in [-0.4, -0.2) is 35.6 Å².